The Morgan fingerprint density at radius 1 is 1.03 bits per heavy atom. The number of nitrogens with zero attached hydrogens (tertiary/aromatic N) is 2. The Morgan fingerprint density at radius 3 is 2.29 bits per heavy atom. The van der Waals surface area contributed by atoms with Crippen LogP contribution in [0.15, 0.2) is 90.6 Å². The van der Waals surface area contributed by atoms with Crippen molar-refractivity contribution >= 4 is 27.5 Å². The van der Waals surface area contributed by atoms with Crippen LogP contribution in [0, 0.1) is 0 Å². The summed E-state index contributed by atoms with van der Waals surface area (Å²) < 4.78 is 23.7. The number of hydrogen-bond acceptors (Lipinski definition) is 4. The second-order valence-electron chi connectivity index (χ2n) is 8.07. The molecule has 2 amide bonds. The van der Waals surface area contributed by atoms with Crippen LogP contribution in [-0.4, -0.2) is 61.6 Å². The number of carbonyl (C=O) groups excluding carboxylic acids is 1. The Balaban J connectivity index is 1.95. The van der Waals surface area contributed by atoms with Gasteiger partial charge in [0.15, 0.2) is 9.84 Å². The first-order chi connectivity index (χ1) is 16.2. The molecule has 2 aromatic rings. The number of urea groups is 1. The maximum Gasteiger partial charge on any atom is 0.335 e. The Morgan fingerprint density at radius 2 is 1.68 bits per heavy atom. The molecule has 0 aromatic heterocycles. The number of hydrogen-bond donors (Lipinski definition) is 1. The zero-order chi connectivity index (χ0) is 24.7. The topological polar surface area (TPSA) is 95.0 Å². The Hall–Kier alpha value is -3.65. The van der Waals surface area contributed by atoms with Gasteiger partial charge in [-0.2, -0.15) is 0 Å². The molecule has 7 nitrogen and oxygen atoms in total. The van der Waals surface area contributed by atoms with Crippen molar-refractivity contribution in [2.75, 3.05) is 36.0 Å². The molecule has 8 heteroatoms. The molecule has 1 aliphatic heterocycles. The minimum absolute atomic E-state index is 0.0459. The molecular formula is C26H28N2O5S. The van der Waals surface area contributed by atoms with E-state index in [0.29, 0.717) is 5.69 Å². The zero-order valence-electron chi connectivity index (χ0n) is 19.1. The molecule has 2 aromatic carbocycles. The van der Waals surface area contributed by atoms with Crippen LogP contribution < -0.4 is 4.90 Å². The molecule has 1 saturated heterocycles. The van der Waals surface area contributed by atoms with Crippen molar-refractivity contribution in [3.63, 3.8) is 0 Å². The van der Waals surface area contributed by atoms with E-state index < -0.39 is 15.8 Å². The average Bonchev–Trinajstić information content (AvgIpc) is 2.83. The first kappa shape index (κ1) is 25.0. The Bertz CT molecular complexity index is 1220. The van der Waals surface area contributed by atoms with Gasteiger partial charge in [-0.05, 0) is 36.3 Å². The number of benzene rings is 2. The van der Waals surface area contributed by atoms with Gasteiger partial charge in [0, 0.05) is 25.3 Å². The number of carboxylic acids is 1. The number of rotatable bonds is 7. The van der Waals surface area contributed by atoms with Crippen molar-refractivity contribution in [2.45, 2.75) is 6.92 Å². The van der Waals surface area contributed by atoms with E-state index in [9.17, 15) is 23.1 Å². The largest absolute Gasteiger partial charge is 0.478 e. The van der Waals surface area contributed by atoms with Crippen LogP contribution in [0.1, 0.15) is 6.92 Å². The molecule has 0 bridgehead atoms. The summed E-state index contributed by atoms with van der Waals surface area (Å²) in [6, 6.07) is 17.1. The number of anilines is 1. The fourth-order valence-corrected chi connectivity index (χ4v) is 4.79. The summed E-state index contributed by atoms with van der Waals surface area (Å²) in [5, 5.41) is 9.20. The maximum atomic E-state index is 13.5. The van der Waals surface area contributed by atoms with Crippen LogP contribution in [0.5, 0.6) is 0 Å². The highest BCUT2D eigenvalue weighted by molar-refractivity contribution is 7.91. The maximum absolute atomic E-state index is 13.5. The van der Waals surface area contributed by atoms with Crippen molar-refractivity contribution in [2.24, 2.45) is 0 Å². The SMILES string of the molecule is C=C/C(=C\C=C(/C)CN(C(=O)N1CCS(=O)(=O)CC1)c1cccc(-c2ccccc2)c1)C(=O)O. The minimum Gasteiger partial charge on any atom is -0.478 e. The molecular weight excluding hydrogens is 452 g/mol. The smallest absolute Gasteiger partial charge is 0.335 e. The van der Waals surface area contributed by atoms with E-state index >= 15 is 0 Å². The summed E-state index contributed by atoms with van der Waals surface area (Å²) in [4.78, 5) is 27.9. The number of carboxylic acid groups (broad SMARTS) is 1. The van der Waals surface area contributed by atoms with E-state index in [2.05, 4.69) is 6.58 Å². The van der Waals surface area contributed by atoms with Gasteiger partial charge >= 0.3 is 12.0 Å². The predicted octanol–water partition coefficient (Wildman–Crippen LogP) is 4.15. The van der Waals surface area contributed by atoms with Crippen LogP contribution in [0.25, 0.3) is 11.1 Å². The summed E-state index contributed by atoms with van der Waals surface area (Å²) in [6.45, 7) is 5.80. The van der Waals surface area contributed by atoms with E-state index in [4.69, 9.17) is 0 Å². The van der Waals surface area contributed by atoms with Gasteiger partial charge in [0.05, 0.1) is 17.1 Å². The minimum atomic E-state index is -3.13. The molecule has 34 heavy (non-hydrogen) atoms. The lowest BCUT2D eigenvalue weighted by atomic mass is 10.0. The average molecular weight is 481 g/mol. The van der Waals surface area contributed by atoms with Crippen LogP contribution in [0.4, 0.5) is 10.5 Å². The van der Waals surface area contributed by atoms with Crippen molar-refractivity contribution < 1.29 is 23.1 Å². The normalized spacial score (nSPS) is 16.1. The summed E-state index contributed by atoms with van der Waals surface area (Å²) >= 11 is 0. The molecule has 178 valence electrons. The predicted molar refractivity (Wildman–Crippen MR) is 135 cm³/mol. The third-order valence-electron chi connectivity index (χ3n) is 5.53. The van der Waals surface area contributed by atoms with Gasteiger partial charge in [-0.3, -0.25) is 4.90 Å². The Kier molecular flexibility index (Phi) is 8.07. The summed E-state index contributed by atoms with van der Waals surface area (Å²) in [6.07, 6.45) is 4.35. The zero-order valence-corrected chi connectivity index (χ0v) is 19.9. The molecule has 3 rings (SSSR count). The monoisotopic (exact) mass is 480 g/mol. The van der Waals surface area contributed by atoms with Crippen molar-refractivity contribution in [1.29, 1.82) is 0 Å². The van der Waals surface area contributed by atoms with Crippen LogP contribution in [-0.2, 0) is 14.6 Å². The van der Waals surface area contributed by atoms with Gasteiger partial charge in [-0.25, -0.2) is 18.0 Å². The van der Waals surface area contributed by atoms with Crippen molar-refractivity contribution in [3.8, 4) is 11.1 Å². The molecule has 1 fully saturated rings. The number of sulfone groups is 1. The molecule has 1 aliphatic rings. The van der Waals surface area contributed by atoms with E-state index in [1.165, 1.54) is 12.2 Å². The highest BCUT2D eigenvalue weighted by Gasteiger charge is 2.29. The highest BCUT2D eigenvalue weighted by Crippen LogP contribution is 2.26. The first-order valence-electron chi connectivity index (χ1n) is 10.9. The van der Waals surface area contributed by atoms with Crippen LogP contribution in [0.2, 0.25) is 0 Å². The van der Waals surface area contributed by atoms with Crippen molar-refractivity contribution in [3.05, 3.63) is 90.6 Å². The lowest BCUT2D eigenvalue weighted by Gasteiger charge is -2.33. The molecule has 0 aliphatic carbocycles. The number of amides is 2. The standard InChI is InChI=1S/C26H28N2O5S/c1-3-21(25(29)30)13-12-20(2)19-28(26(31)27-14-16-34(32,33)17-15-27)24-11-7-10-23(18-24)22-8-5-4-6-9-22/h3-13,18H,1,14-17,19H2,2H3,(H,29,30)/b20-12+,21-13+. The van der Waals surface area contributed by atoms with E-state index in [1.54, 1.807) is 22.8 Å². The molecule has 1 heterocycles. The van der Waals surface area contributed by atoms with Gasteiger partial charge in [0.2, 0.25) is 0 Å². The van der Waals surface area contributed by atoms with Crippen LogP contribution in [0.3, 0.4) is 0 Å². The first-order valence-corrected chi connectivity index (χ1v) is 12.7. The van der Waals surface area contributed by atoms with Gasteiger partial charge in [0.1, 0.15) is 0 Å². The lowest BCUT2D eigenvalue weighted by molar-refractivity contribution is -0.132. The van der Waals surface area contributed by atoms with E-state index in [1.807, 2.05) is 54.6 Å². The molecule has 0 spiro atoms. The lowest BCUT2D eigenvalue weighted by Crippen LogP contribution is -2.50. The van der Waals surface area contributed by atoms with Gasteiger partial charge in [0.25, 0.3) is 0 Å². The van der Waals surface area contributed by atoms with E-state index in [0.717, 1.165) is 16.7 Å². The van der Waals surface area contributed by atoms with Gasteiger partial charge < -0.3 is 10.0 Å². The second kappa shape index (κ2) is 11.0. The third-order valence-corrected chi connectivity index (χ3v) is 7.14. The quantitative estimate of drug-likeness (QED) is 0.474. The summed E-state index contributed by atoms with van der Waals surface area (Å²) in [5.41, 5.74) is 3.42. The number of carbonyl (C=O) groups is 2. The molecule has 0 unspecified atom stereocenters. The molecule has 0 saturated carbocycles. The van der Waals surface area contributed by atoms with Crippen LogP contribution >= 0.6 is 0 Å². The Labute approximate surface area is 200 Å². The molecule has 0 radical (unpaired) electrons. The number of aliphatic carboxylic acids is 1. The fraction of sp³-hybridized carbons (Fsp3) is 0.231. The fourth-order valence-electron chi connectivity index (χ4n) is 3.59. The molecule has 1 N–H and O–H groups in total. The van der Waals surface area contributed by atoms with E-state index in [-0.39, 0.29) is 42.7 Å². The van der Waals surface area contributed by atoms with Crippen molar-refractivity contribution in [1.82, 2.24) is 4.90 Å². The third kappa shape index (κ3) is 6.45. The molecule has 0 atom stereocenters. The number of allylic oxidation sites excluding steroid dienone is 2. The van der Waals surface area contributed by atoms with Gasteiger partial charge in [-0.15, -0.1) is 0 Å². The second-order valence-corrected chi connectivity index (χ2v) is 10.4. The summed E-state index contributed by atoms with van der Waals surface area (Å²) in [7, 11) is -3.13. The van der Waals surface area contributed by atoms with Gasteiger partial charge in [-0.1, -0.05) is 66.8 Å². The highest BCUT2D eigenvalue weighted by atomic mass is 32.2. The summed E-state index contributed by atoms with van der Waals surface area (Å²) in [5.74, 6) is -1.21.